The van der Waals surface area contributed by atoms with Crippen LogP contribution in [0.5, 0.6) is 0 Å². The predicted octanol–water partition coefficient (Wildman–Crippen LogP) is 3.57. The fourth-order valence-corrected chi connectivity index (χ4v) is 3.93. The number of nitrogens with one attached hydrogen (secondary N) is 1. The molecule has 23 heavy (non-hydrogen) atoms. The molecule has 0 atom stereocenters. The van der Waals surface area contributed by atoms with Crippen molar-refractivity contribution in [3.63, 3.8) is 0 Å². The van der Waals surface area contributed by atoms with Gasteiger partial charge in [0.15, 0.2) is 5.13 Å². The Morgan fingerprint density at radius 2 is 2.22 bits per heavy atom. The minimum Gasteiger partial charge on any atom is -0.356 e. The SMILES string of the molecule is CCCCNC(=O)C1CCN(c2nc3ccc(F)cc3s2)CC1. The molecule has 1 amide bonds. The van der Waals surface area contributed by atoms with Gasteiger partial charge in [-0.05, 0) is 37.5 Å². The van der Waals surface area contributed by atoms with Gasteiger partial charge in [-0.3, -0.25) is 4.79 Å². The molecule has 0 spiro atoms. The van der Waals surface area contributed by atoms with E-state index >= 15 is 0 Å². The van der Waals surface area contributed by atoms with Crippen LogP contribution in [0.2, 0.25) is 0 Å². The summed E-state index contributed by atoms with van der Waals surface area (Å²) >= 11 is 1.52. The Morgan fingerprint density at radius 3 is 2.96 bits per heavy atom. The number of rotatable bonds is 5. The molecule has 6 heteroatoms. The number of hydrogen-bond acceptors (Lipinski definition) is 4. The zero-order chi connectivity index (χ0) is 16.2. The summed E-state index contributed by atoms with van der Waals surface area (Å²) < 4.78 is 14.2. The molecule has 3 rings (SSSR count). The minimum absolute atomic E-state index is 0.106. The number of amides is 1. The molecule has 0 aliphatic carbocycles. The molecular weight excluding hydrogens is 313 g/mol. The summed E-state index contributed by atoms with van der Waals surface area (Å²) in [7, 11) is 0. The van der Waals surface area contributed by atoms with Crippen LogP contribution in [0, 0.1) is 11.7 Å². The second kappa shape index (κ2) is 7.25. The van der Waals surface area contributed by atoms with E-state index in [4.69, 9.17) is 0 Å². The van der Waals surface area contributed by atoms with Crippen LogP contribution in [0.25, 0.3) is 10.2 Å². The Morgan fingerprint density at radius 1 is 1.43 bits per heavy atom. The van der Waals surface area contributed by atoms with Crippen LogP contribution in [0.1, 0.15) is 32.6 Å². The van der Waals surface area contributed by atoms with E-state index in [-0.39, 0.29) is 17.6 Å². The van der Waals surface area contributed by atoms with Crippen molar-refractivity contribution in [3.8, 4) is 0 Å². The molecule has 1 fully saturated rings. The van der Waals surface area contributed by atoms with Gasteiger partial charge in [-0.25, -0.2) is 9.37 Å². The fourth-order valence-electron chi connectivity index (χ4n) is 2.89. The fraction of sp³-hybridized carbons (Fsp3) is 0.529. The van der Waals surface area contributed by atoms with Crippen LogP contribution in [0.15, 0.2) is 18.2 Å². The van der Waals surface area contributed by atoms with Crippen molar-refractivity contribution in [2.75, 3.05) is 24.5 Å². The monoisotopic (exact) mass is 335 g/mol. The number of fused-ring (bicyclic) bond motifs is 1. The first kappa shape index (κ1) is 16.2. The highest BCUT2D eigenvalue weighted by atomic mass is 32.1. The van der Waals surface area contributed by atoms with Gasteiger partial charge in [0, 0.05) is 25.6 Å². The normalized spacial score (nSPS) is 16.0. The number of piperidine rings is 1. The zero-order valence-electron chi connectivity index (χ0n) is 13.3. The molecule has 1 aliphatic heterocycles. The van der Waals surface area contributed by atoms with E-state index in [1.54, 1.807) is 6.07 Å². The van der Waals surface area contributed by atoms with Crippen LogP contribution >= 0.6 is 11.3 Å². The van der Waals surface area contributed by atoms with Crippen LogP contribution < -0.4 is 10.2 Å². The van der Waals surface area contributed by atoms with Crippen molar-refractivity contribution in [2.24, 2.45) is 5.92 Å². The van der Waals surface area contributed by atoms with E-state index < -0.39 is 0 Å². The van der Waals surface area contributed by atoms with Crippen LogP contribution in [-0.2, 0) is 4.79 Å². The molecule has 124 valence electrons. The van der Waals surface area contributed by atoms with E-state index in [9.17, 15) is 9.18 Å². The Labute approximate surface area is 139 Å². The lowest BCUT2D eigenvalue weighted by molar-refractivity contribution is -0.125. The molecule has 1 aromatic heterocycles. The molecule has 0 bridgehead atoms. The Bertz CT molecular complexity index is 680. The lowest BCUT2D eigenvalue weighted by Crippen LogP contribution is -2.40. The quantitative estimate of drug-likeness (QED) is 0.850. The molecule has 0 unspecified atom stereocenters. The van der Waals surface area contributed by atoms with Crippen LogP contribution in [0.4, 0.5) is 9.52 Å². The molecule has 2 heterocycles. The van der Waals surface area contributed by atoms with Crippen LogP contribution in [-0.4, -0.2) is 30.5 Å². The van der Waals surface area contributed by atoms with E-state index in [1.807, 2.05) is 0 Å². The van der Waals surface area contributed by atoms with Crippen molar-refractivity contribution in [1.82, 2.24) is 10.3 Å². The summed E-state index contributed by atoms with van der Waals surface area (Å²) in [6.07, 6.45) is 3.83. The van der Waals surface area contributed by atoms with E-state index in [0.29, 0.717) is 0 Å². The lowest BCUT2D eigenvalue weighted by Gasteiger charge is -2.31. The maximum absolute atomic E-state index is 13.3. The van der Waals surface area contributed by atoms with Gasteiger partial charge in [-0.1, -0.05) is 24.7 Å². The third-order valence-corrected chi connectivity index (χ3v) is 5.38. The predicted molar refractivity (Wildman–Crippen MR) is 92.4 cm³/mol. The van der Waals surface area contributed by atoms with Crippen LogP contribution in [0.3, 0.4) is 0 Å². The summed E-state index contributed by atoms with van der Waals surface area (Å²) in [5.74, 6) is 0.0644. The second-order valence-corrected chi connectivity index (χ2v) is 7.02. The smallest absolute Gasteiger partial charge is 0.223 e. The molecule has 4 nitrogen and oxygen atoms in total. The van der Waals surface area contributed by atoms with Gasteiger partial charge in [0.1, 0.15) is 5.82 Å². The van der Waals surface area contributed by atoms with Crippen molar-refractivity contribution in [1.29, 1.82) is 0 Å². The molecule has 0 radical (unpaired) electrons. The molecule has 1 aromatic carbocycles. The van der Waals surface area contributed by atoms with E-state index in [2.05, 4.69) is 22.1 Å². The highest BCUT2D eigenvalue weighted by Crippen LogP contribution is 2.31. The maximum Gasteiger partial charge on any atom is 0.223 e. The van der Waals surface area contributed by atoms with E-state index in [0.717, 1.165) is 60.7 Å². The zero-order valence-corrected chi connectivity index (χ0v) is 14.2. The van der Waals surface area contributed by atoms with Crippen molar-refractivity contribution < 1.29 is 9.18 Å². The minimum atomic E-state index is -0.227. The number of nitrogens with zero attached hydrogens (tertiary/aromatic N) is 2. The largest absolute Gasteiger partial charge is 0.356 e. The first-order valence-electron chi connectivity index (χ1n) is 8.26. The standard InChI is InChI=1S/C17H22FN3OS/c1-2-3-8-19-16(22)12-6-9-21(10-7-12)17-20-14-5-4-13(18)11-15(14)23-17/h4-5,11-12H,2-3,6-10H2,1H3,(H,19,22). The summed E-state index contributed by atoms with van der Waals surface area (Å²) in [6, 6.07) is 4.70. The summed E-state index contributed by atoms with van der Waals surface area (Å²) in [4.78, 5) is 18.9. The van der Waals surface area contributed by atoms with Gasteiger partial charge in [0.25, 0.3) is 0 Å². The third-order valence-electron chi connectivity index (χ3n) is 4.31. The summed E-state index contributed by atoms with van der Waals surface area (Å²) in [6.45, 7) is 4.55. The number of carbonyl (C=O) groups excluding carboxylic acids is 1. The van der Waals surface area contributed by atoms with Gasteiger partial charge in [-0.15, -0.1) is 0 Å². The third kappa shape index (κ3) is 3.80. The van der Waals surface area contributed by atoms with Crippen molar-refractivity contribution in [2.45, 2.75) is 32.6 Å². The molecular formula is C17H22FN3OS. The number of aromatic nitrogens is 1. The number of carbonyl (C=O) groups is 1. The van der Waals surface area contributed by atoms with Gasteiger partial charge < -0.3 is 10.2 Å². The maximum atomic E-state index is 13.3. The lowest BCUT2D eigenvalue weighted by atomic mass is 9.96. The molecule has 1 aliphatic rings. The Balaban J connectivity index is 1.58. The Kier molecular flexibility index (Phi) is 5.10. The van der Waals surface area contributed by atoms with Gasteiger partial charge in [0.2, 0.25) is 5.91 Å². The highest BCUT2D eigenvalue weighted by molar-refractivity contribution is 7.22. The molecule has 0 saturated carbocycles. The number of anilines is 1. The second-order valence-electron chi connectivity index (χ2n) is 6.01. The number of hydrogen-bond donors (Lipinski definition) is 1. The number of unbranched alkanes of at least 4 members (excludes halogenated alkanes) is 1. The Hall–Kier alpha value is -1.69. The average molecular weight is 335 g/mol. The first-order valence-corrected chi connectivity index (χ1v) is 9.07. The van der Waals surface area contributed by atoms with Gasteiger partial charge in [0.05, 0.1) is 10.2 Å². The number of benzene rings is 1. The topological polar surface area (TPSA) is 45.2 Å². The molecule has 2 aromatic rings. The number of thiazole rings is 1. The van der Waals surface area contributed by atoms with Crippen molar-refractivity contribution in [3.05, 3.63) is 24.0 Å². The van der Waals surface area contributed by atoms with Gasteiger partial charge in [-0.2, -0.15) is 0 Å². The summed E-state index contributed by atoms with van der Waals surface area (Å²) in [5, 5.41) is 3.95. The van der Waals surface area contributed by atoms with E-state index in [1.165, 1.54) is 23.5 Å². The molecule has 1 saturated heterocycles. The highest BCUT2D eigenvalue weighted by Gasteiger charge is 2.26. The number of halogens is 1. The first-order chi connectivity index (χ1) is 11.2. The summed E-state index contributed by atoms with van der Waals surface area (Å²) in [5.41, 5.74) is 0.839. The van der Waals surface area contributed by atoms with Gasteiger partial charge >= 0.3 is 0 Å². The van der Waals surface area contributed by atoms with Crippen molar-refractivity contribution >= 4 is 32.6 Å². The average Bonchev–Trinajstić information content (AvgIpc) is 2.98. The molecule has 1 N–H and O–H groups in total.